The number of aromatic nitrogens is 1. The molecule has 0 atom stereocenters. The van der Waals surface area contributed by atoms with E-state index in [1.807, 2.05) is 0 Å². The summed E-state index contributed by atoms with van der Waals surface area (Å²) in [7, 11) is 2.88. The van der Waals surface area contributed by atoms with E-state index in [2.05, 4.69) is 4.98 Å². The molecule has 1 aromatic heterocycles. The van der Waals surface area contributed by atoms with Crippen molar-refractivity contribution in [3.8, 4) is 17.5 Å². The number of rotatable bonds is 5. The van der Waals surface area contributed by atoms with Crippen molar-refractivity contribution in [1.82, 2.24) is 4.98 Å². The maximum atomic E-state index is 10.3. The normalized spacial score (nSPS) is 9.47. The van der Waals surface area contributed by atoms with E-state index >= 15 is 0 Å². The van der Waals surface area contributed by atoms with Crippen molar-refractivity contribution in [3.05, 3.63) is 12.1 Å². The number of hydrogen-bond acceptors (Lipinski definition) is 5. The Kier molecular flexibility index (Phi) is 3.73. The molecule has 0 saturated carbocycles. The van der Waals surface area contributed by atoms with E-state index in [0.717, 1.165) is 0 Å². The molecule has 1 rings (SSSR count). The van der Waals surface area contributed by atoms with Crippen molar-refractivity contribution in [1.29, 1.82) is 0 Å². The monoisotopic (exact) mass is 213 g/mol. The molecule has 6 nitrogen and oxygen atoms in total. The number of carbonyl (C=O) groups is 1. The van der Waals surface area contributed by atoms with Gasteiger partial charge in [-0.05, 0) is 6.07 Å². The number of ether oxygens (including phenoxy) is 3. The minimum atomic E-state index is -1.06. The van der Waals surface area contributed by atoms with Gasteiger partial charge < -0.3 is 19.3 Å². The van der Waals surface area contributed by atoms with Crippen LogP contribution in [-0.2, 0) is 4.79 Å². The number of carboxylic acids is 1. The molecule has 0 spiro atoms. The van der Waals surface area contributed by atoms with Gasteiger partial charge in [0, 0.05) is 6.07 Å². The minimum absolute atomic E-state index is 0.190. The van der Waals surface area contributed by atoms with Crippen LogP contribution in [0.2, 0.25) is 0 Å². The van der Waals surface area contributed by atoms with Crippen molar-refractivity contribution in [2.24, 2.45) is 0 Å². The van der Waals surface area contributed by atoms with Crippen LogP contribution in [0, 0.1) is 0 Å². The quantitative estimate of drug-likeness (QED) is 0.770. The average Bonchev–Trinajstić information content (AvgIpc) is 2.25. The summed E-state index contributed by atoms with van der Waals surface area (Å²) < 4.78 is 14.7. The molecule has 1 N–H and O–H groups in total. The summed E-state index contributed by atoms with van der Waals surface area (Å²) in [5, 5.41) is 8.43. The van der Waals surface area contributed by atoms with Crippen LogP contribution in [0.25, 0.3) is 0 Å². The molecule has 1 aromatic rings. The summed E-state index contributed by atoms with van der Waals surface area (Å²) in [6.45, 7) is -0.440. The first-order valence-corrected chi connectivity index (χ1v) is 4.11. The van der Waals surface area contributed by atoms with E-state index < -0.39 is 12.6 Å². The SMILES string of the molecule is COc1ccc(OCC(=O)O)c(OC)n1. The summed E-state index contributed by atoms with van der Waals surface area (Å²) >= 11 is 0. The topological polar surface area (TPSA) is 77.9 Å². The van der Waals surface area contributed by atoms with Crippen LogP contribution in [-0.4, -0.2) is 36.9 Å². The third-order valence-corrected chi connectivity index (χ3v) is 1.55. The van der Waals surface area contributed by atoms with Crippen LogP contribution in [0.15, 0.2) is 12.1 Å². The Labute approximate surface area is 86.4 Å². The van der Waals surface area contributed by atoms with Gasteiger partial charge >= 0.3 is 5.97 Å². The molecule has 0 aliphatic rings. The van der Waals surface area contributed by atoms with Crippen LogP contribution < -0.4 is 14.2 Å². The third kappa shape index (κ3) is 3.01. The summed E-state index contributed by atoms with van der Waals surface area (Å²) in [6.07, 6.45) is 0. The molecule has 0 aliphatic heterocycles. The Balaban J connectivity index is 2.82. The maximum absolute atomic E-state index is 10.3. The number of pyridine rings is 1. The van der Waals surface area contributed by atoms with Crippen LogP contribution in [0.3, 0.4) is 0 Å². The summed E-state index contributed by atoms with van der Waals surface area (Å²) in [5.74, 6) is -0.237. The van der Waals surface area contributed by atoms with Crippen LogP contribution in [0.5, 0.6) is 17.5 Å². The molecular formula is C9H11NO5. The van der Waals surface area contributed by atoms with Gasteiger partial charge in [0.25, 0.3) is 5.88 Å². The Morgan fingerprint density at radius 1 is 1.40 bits per heavy atom. The van der Waals surface area contributed by atoms with Crippen molar-refractivity contribution in [2.45, 2.75) is 0 Å². The fourth-order valence-corrected chi connectivity index (χ4v) is 0.920. The van der Waals surface area contributed by atoms with Gasteiger partial charge in [-0.3, -0.25) is 0 Å². The second-order valence-corrected chi connectivity index (χ2v) is 2.54. The van der Waals surface area contributed by atoms with E-state index in [1.54, 1.807) is 6.07 Å². The van der Waals surface area contributed by atoms with Crippen molar-refractivity contribution < 1.29 is 24.1 Å². The summed E-state index contributed by atoms with van der Waals surface area (Å²) in [5.41, 5.74) is 0. The lowest BCUT2D eigenvalue weighted by molar-refractivity contribution is -0.139. The Bertz CT molecular complexity index is 352. The van der Waals surface area contributed by atoms with Crippen molar-refractivity contribution >= 4 is 5.97 Å². The molecule has 0 aliphatic carbocycles. The number of aliphatic carboxylic acids is 1. The lowest BCUT2D eigenvalue weighted by Gasteiger charge is -2.08. The van der Waals surface area contributed by atoms with Gasteiger partial charge in [-0.15, -0.1) is 0 Å². The summed E-state index contributed by atoms with van der Waals surface area (Å²) in [4.78, 5) is 14.2. The number of methoxy groups -OCH3 is 2. The first kappa shape index (κ1) is 11.1. The largest absolute Gasteiger partial charge is 0.481 e. The fourth-order valence-electron chi connectivity index (χ4n) is 0.920. The molecule has 0 unspecified atom stereocenters. The lowest BCUT2D eigenvalue weighted by Crippen LogP contribution is -2.10. The van der Waals surface area contributed by atoms with Crippen molar-refractivity contribution in [2.75, 3.05) is 20.8 Å². The number of hydrogen-bond donors (Lipinski definition) is 1. The second kappa shape index (κ2) is 5.04. The molecule has 0 radical (unpaired) electrons. The number of nitrogens with zero attached hydrogens (tertiary/aromatic N) is 1. The van der Waals surface area contributed by atoms with E-state index in [4.69, 9.17) is 19.3 Å². The molecule has 0 saturated heterocycles. The highest BCUT2D eigenvalue weighted by Gasteiger charge is 2.09. The second-order valence-electron chi connectivity index (χ2n) is 2.54. The Morgan fingerprint density at radius 2 is 2.13 bits per heavy atom. The van der Waals surface area contributed by atoms with E-state index in [1.165, 1.54) is 20.3 Å². The van der Waals surface area contributed by atoms with Gasteiger partial charge in [0.05, 0.1) is 14.2 Å². The minimum Gasteiger partial charge on any atom is -0.481 e. The van der Waals surface area contributed by atoms with Gasteiger partial charge in [0.15, 0.2) is 12.4 Å². The van der Waals surface area contributed by atoms with E-state index in [0.29, 0.717) is 5.88 Å². The predicted octanol–water partition coefficient (Wildman–Crippen LogP) is 0.562. The molecule has 0 bridgehead atoms. The van der Waals surface area contributed by atoms with E-state index in [9.17, 15) is 4.79 Å². The summed E-state index contributed by atoms with van der Waals surface area (Å²) in [6, 6.07) is 3.09. The molecule has 15 heavy (non-hydrogen) atoms. The third-order valence-electron chi connectivity index (χ3n) is 1.55. The molecule has 0 aromatic carbocycles. The molecule has 82 valence electrons. The smallest absolute Gasteiger partial charge is 0.341 e. The highest BCUT2D eigenvalue weighted by Crippen LogP contribution is 2.26. The number of carboxylic acid groups (broad SMARTS) is 1. The standard InChI is InChI=1S/C9H11NO5/c1-13-7-4-3-6(9(10-7)14-2)15-5-8(11)12/h3-4H,5H2,1-2H3,(H,11,12). The van der Waals surface area contributed by atoms with E-state index in [-0.39, 0.29) is 11.6 Å². The highest BCUT2D eigenvalue weighted by molar-refractivity contribution is 5.68. The average molecular weight is 213 g/mol. The van der Waals surface area contributed by atoms with Crippen molar-refractivity contribution in [3.63, 3.8) is 0 Å². The van der Waals surface area contributed by atoms with Gasteiger partial charge in [0.1, 0.15) is 0 Å². The lowest BCUT2D eigenvalue weighted by atomic mass is 10.4. The van der Waals surface area contributed by atoms with Crippen LogP contribution >= 0.6 is 0 Å². The zero-order valence-electron chi connectivity index (χ0n) is 8.39. The fraction of sp³-hybridized carbons (Fsp3) is 0.333. The Morgan fingerprint density at radius 3 is 2.67 bits per heavy atom. The van der Waals surface area contributed by atoms with Crippen LogP contribution in [0.4, 0.5) is 0 Å². The zero-order valence-corrected chi connectivity index (χ0v) is 8.39. The predicted molar refractivity (Wildman–Crippen MR) is 50.5 cm³/mol. The first-order valence-electron chi connectivity index (χ1n) is 4.11. The Hall–Kier alpha value is -1.98. The van der Waals surface area contributed by atoms with Gasteiger partial charge in [-0.1, -0.05) is 0 Å². The van der Waals surface area contributed by atoms with Gasteiger partial charge in [-0.25, -0.2) is 4.79 Å². The molecule has 0 fully saturated rings. The highest BCUT2D eigenvalue weighted by atomic mass is 16.5. The van der Waals surface area contributed by atoms with Crippen LogP contribution in [0.1, 0.15) is 0 Å². The first-order chi connectivity index (χ1) is 7.17. The zero-order chi connectivity index (χ0) is 11.3. The molecule has 0 amide bonds. The molecule has 1 heterocycles. The maximum Gasteiger partial charge on any atom is 0.341 e. The molecular weight excluding hydrogens is 202 g/mol. The van der Waals surface area contributed by atoms with Gasteiger partial charge in [-0.2, -0.15) is 4.98 Å². The van der Waals surface area contributed by atoms with Gasteiger partial charge in [0.2, 0.25) is 5.88 Å². The molecule has 6 heteroatoms.